The van der Waals surface area contributed by atoms with Crippen molar-refractivity contribution in [2.45, 2.75) is 12.5 Å². The zero-order chi connectivity index (χ0) is 16.3. The predicted molar refractivity (Wildman–Crippen MR) is 92.2 cm³/mol. The second kappa shape index (κ2) is 5.06. The highest BCUT2D eigenvalue weighted by Crippen LogP contribution is 2.41. The van der Waals surface area contributed by atoms with Gasteiger partial charge in [-0.1, -0.05) is 11.6 Å². The minimum atomic E-state index is 0.172. The lowest BCUT2D eigenvalue weighted by Gasteiger charge is -2.26. The molecular formula is C16H15ClN6O. The lowest BCUT2D eigenvalue weighted by atomic mass is 10.0. The van der Waals surface area contributed by atoms with Crippen molar-refractivity contribution in [3.05, 3.63) is 29.0 Å². The van der Waals surface area contributed by atoms with Crippen molar-refractivity contribution in [1.29, 1.82) is 0 Å². The average Bonchev–Trinajstić information content (AvgIpc) is 3.13. The number of fused-ring (bicyclic) bond motifs is 2. The smallest absolute Gasteiger partial charge is 0.164 e. The number of nitrogens with two attached hydrogens (primary N) is 1. The third kappa shape index (κ3) is 1.85. The summed E-state index contributed by atoms with van der Waals surface area (Å²) in [6, 6.07) is 4.20. The first-order chi connectivity index (χ1) is 11.7. The third-order valence-electron chi connectivity index (χ3n) is 4.67. The fourth-order valence-electron chi connectivity index (χ4n) is 3.34. The van der Waals surface area contributed by atoms with Crippen LogP contribution in [-0.2, 0) is 11.2 Å². The van der Waals surface area contributed by atoms with Crippen LogP contribution in [0.5, 0.6) is 0 Å². The number of benzene rings is 1. The highest BCUT2D eigenvalue weighted by Gasteiger charge is 2.28. The summed E-state index contributed by atoms with van der Waals surface area (Å²) in [5.74, 6) is 0.413. The summed E-state index contributed by atoms with van der Waals surface area (Å²) in [5, 5.41) is 9.58. The number of nitrogen functional groups attached to an aromatic ring is 1. The number of nitrogens with zero attached hydrogens (tertiary/aromatic N) is 4. The van der Waals surface area contributed by atoms with Gasteiger partial charge in [0.25, 0.3) is 0 Å². The Morgan fingerprint density at radius 2 is 2.17 bits per heavy atom. The number of rotatable bonds is 2. The van der Waals surface area contributed by atoms with E-state index < -0.39 is 0 Å². The minimum Gasteiger partial charge on any atom is -0.384 e. The van der Waals surface area contributed by atoms with E-state index in [0.717, 1.165) is 51.5 Å². The fraction of sp³-hybridized carbons (Fsp3) is 0.312. The second-order valence-corrected chi connectivity index (χ2v) is 6.45. The maximum absolute atomic E-state index is 6.68. The zero-order valence-electron chi connectivity index (χ0n) is 12.8. The largest absolute Gasteiger partial charge is 0.384 e. The van der Waals surface area contributed by atoms with Crippen molar-refractivity contribution >= 4 is 34.1 Å². The molecule has 2 aliphatic rings. The van der Waals surface area contributed by atoms with Gasteiger partial charge in [-0.3, -0.25) is 0 Å². The van der Waals surface area contributed by atoms with Gasteiger partial charge in [0.2, 0.25) is 0 Å². The molecule has 5 rings (SSSR count). The molecule has 1 saturated heterocycles. The Balaban J connectivity index is 1.78. The Morgan fingerprint density at radius 3 is 2.96 bits per heavy atom. The Kier molecular flexibility index (Phi) is 2.95. The summed E-state index contributed by atoms with van der Waals surface area (Å²) >= 11 is 6.68. The molecule has 2 aliphatic heterocycles. The Labute approximate surface area is 142 Å². The van der Waals surface area contributed by atoms with Crippen molar-refractivity contribution < 1.29 is 4.74 Å². The molecule has 8 heteroatoms. The topological polar surface area (TPSA) is 90.9 Å². The van der Waals surface area contributed by atoms with Gasteiger partial charge in [0, 0.05) is 17.8 Å². The normalized spacial score (nSPS) is 16.9. The van der Waals surface area contributed by atoms with E-state index in [2.05, 4.69) is 15.3 Å². The van der Waals surface area contributed by atoms with E-state index in [9.17, 15) is 0 Å². The quantitative estimate of drug-likeness (QED) is 0.742. The number of halogens is 1. The minimum absolute atomic E-state index is 0.172. The van der Waals surface area contributed by atoms with Crippen LogP contribution in [0.15, 0.2) is 18.5 Å². The molecule has 3 N–H and O–H groups in total. The van der Waals surface area contributed by atoms with E-state index in [1.54, 1.807) is 0 Å². The molecule has 1 fully saturated rings. The molecule has 24 heavy (non-hydrogen) atoms. The molecule has 0 spiro atoms. The van der Waals surface area contributed by atoms with Crippen LogP contribution in [0.2, 0.25) is 5.02 Å². The van der Waals surface area contributed by atoms with Crippen molar-refractivity contribution in [3.8, 4) is 11.3 Å². The summed E-state index contributed by atoms with van der Waals surface area (Å²) in [4.78, 5) is 8.53. The first kappa shape index (κ1) is 14.0. The molecule has 1 aromatic carbocycles. The van der Waals surface area contributed by atoms with Crippen LogP contribution in [0, 0.1) is 0 Å². The Hall–Kier alpha value is -2.38. The lowest BCUT2D eigenvalue weighted by molar-refractivity contribution is -0.0268. The van der Waals surface area contributed by atoms with Gasteiger partial charge in [-0.15, -0.1) is 0 Å². The molecule has 0 saturated carbocycles. The molecule has 0 radical (unpaired) electrons. The summed E-state index contributed by atoms with van der Waals surface area (Å²) < 4.78 is 7.18. The van der Waals surface area contributed by atoms with Crippen LogP contribution < -0.4 is 11.1 Å². The summed E-state index contributed by atoms with van der Waals surface area (Å²) in [7, 11) is 0. The van der Waals surface area contributed by atoms with Crippen molar-refractivity contribution in [3.63, 3.8) is 0 Å². The van der Waals surface area contributed by atoms with E-state index in [0.29, 0.717) is 19.0 Å². The number of nitrogens with one attached hydrogen (secondary N) is 1. The van der Waals surface area contributed by atoms with E-state index in [4.69, 9.17) is 27.2 Å². The number of hydrogen-bond donors (Lipinski definition) is 2. The molecular weight excluding hydrogens is 328 g/mol. The van der Waals surface area contributed by atoms with Crippen LogP contribution >= 0.6 is 11.6 Å². The van der Waals surface area contributed by atoms with Crippen LogP contribution in [-0.4, -0.2) is 39.5 Å². The first-order valence-electron chi connectivity index (χ1n) is 7.86. The third-order valence-corrected chi connectivity index (χ3v) is 5.10. The molecule has 0 atom stereocenters. The van der Waals surface area contributed by atoms with Crippen molar-refractivity contribution in [2.24, 2.45) is 0 Å². The van der Waals surface area contributed by atoms with E-state index in [1.807, 2.05) is 16.8 Å². The van der Waals surface area contributed by atoms with Gasteiger partial charge in [-0.25, -0.2) is 14.6 Å². The highest BCUT2D eigenvalue weighted by molar-refractivity contribution is 6.35. The molecule has 0 bridgehead atoms. The van der Waals surface area contributed by atoms with Crippen LogP contribution in [0.1, 0.15) is 11.6 Å². The fourth-order valence-corrected chi connectivity index (χ4v) is 3.69. The summed E-state index contributed by atoms with van der Waals surface area (Å²) in [5.41, 5.74) is 10.7. The molecule has 3 aromatic rings. The van der Waals surface area contributed by atoms with E-state index >= 15 is 0 Å². The monoisotopic (exact) mass is 342 g/mol. The van der Waals surface area contributed by atoms with Gasteiger partial charge < -0.3 is 15.8 Å². The van der Waals surface area contributed by atoms with Crippen molar-refractivity contribution in [2.75, 3.05) is 30.8 Å². The Morgan fingerprint density at radius 1 is 1.29 bits per heavy atom. The number of hydrogen-bond acceptors (Lipinski definition) is 6. The summed E-state index contributed by atoms with van der Waals surface area (Å²) in [6.07, 6.45) is 2.37. The van der Waals surface area contributed by atoms with Gasteiger partial charge in [0.15, 0.2) is 5.65 Å². The number of anilines is 2. The average molecular weight is 343 g/mol. The Bertz CT molecular complexity index is 965. The van der Waals surface area contributed by atoms with E-state index in [1.165, 1.54) is 6.33 Å². The number of aromatic nitrogens is 4. The second-order valence-electron chi connectivity index (χ2n) is 6.07. The maximum Gasteiger partial charge on any atom is 0.164 e. The summed E-state index contributed by atoms with van der Waals surface area (Å²) in [6.45, 7) is 2.16. The van der Waals surface area contributed by atoms with Gasteiger partial charge in [-0.2, -0.15) is 5.10 Å². The predicted octanol–water partition coefficient (Wildman–Crippen LogP) is 2.27. The van der Waals surface area contributed by atoms with Crippen molar-refractivity contribution in [1.82, 2.24) is 19.7 Å². The van der Waals surface area contributed by atoms with Crippen LogP contribution in [0.25, 0.3) is 22.3 Å². The maximum atomic E-state index is 6.68. The first-order valence-corrected chi connectivity index (χ1v) is 8.24. The lowest BCUT2D eigenvalue weighted by Crippen LogP contribution is -2.31. The molecule has 122 valence electrons. The van der Waals surface area contributed by atoms with Crippen LogP contribution in [0.3, 0.4) is 0 Å². The van der Waals surface area contributed by atoms with Gasteiger partial charge in [-0.05, 0) is 24.1 Å². The van der Waals surface area contributed by atoms with Gasteiger partial charge in [0.1, 0.15) is 23.9 Å². The molecule has 0 aliphatic carbocycles. The zero-order valence-corrected chi connectivity index (χ0v) is 13.5. The SMILES string of the molecule is Nc1ncnc2c1c(-c1ccc3c(c1Cl)CCN3)nn2C1COC1. The number of ether oxygens (including phenoxy) is 1. The highest BCUT2D eigenvalue weighted by atomic mass is 35.5. The standard InChI is InChI=1S/C16H15ClN6O/c17-13-9-3-4-19-11(9)2-1-10(13)14-12-15(18)20-7-21-16(12)23(22-14)8-5-24-6-8/h1-2,7-8,19H,3-6H2,(H2,18,20,21). The molecule has 2 aromatic heterocycles. The van der Waals surface area contributed by atoms with E-state index in [-0.39, 0.29) is 6.04 Å². The van der Waals surface area contributed by atoms with Gasteiger partial charge in [0.05, 0.1) is 23.6 Å². The van der Waals surface area contributed by atoms with Crippen LogP contribution in [0.4, 0.5) is 11.5 Å². The molecule has 4 heterocycles. The molecule has 0 amide bonds. The molecule has 7 nitrogen and oxygen atoms in total. The van der Waals surface area contributed by atoms with Gasteiger partial charge >= 0.3 is 0 Å². The molecule has 0 unspecified atom stereocenters.